The first-order valence-electron chi connectivity index (χ1n) is 9.48. The van der Waals surface area contributed by atoms with Gasteiger partial charge in [-0.3, -0.25) is 0 Å². The molecule has 3 fully saturated rings. The molecule has 0 aromatic heterocycles. The molecule has 1 aliphatic heterocycles. The molecule has 1 aromatic rings. The zero-order valence-corrected chi connectivity index (χ0v) is 15.7. The van der Waals surface area contributed by atoms with E-state index in [-0.39, 0.29) is 0 Å². The highest BCUT2D eigenvalue weighted by Gasteiger charge is 2.40. The van der Waals surface area contributed by atoms with Crippen molar-refractivity contribution in [3.63, 3.8) is 0 Å². The van der Waals surface area contributed by atoms with Crippen LogP contribution in [0.2, 0.25) is 0 Å². The number of fused-ring (bicyclic) bond motifs is 2. The molecule has 1 saturated heterocycles. The van der Waals surface area contributed by atoms with Crippen molar-refractivity contribution in [2.45, 2.75) is 45.6 Å². The van der Waals surface area contributed by atoms with Gasteiger partial charge in [0.2, 0.25) is 0 Å². The third kappa shape index (κ3) is 3.13. The Balaban J connectivity index is 1.32. The molecule has 0 unspecified atom stereocenters. The largest absolute Gasteiger partial charge is 0.368 e. The monoisotopic (exact) mass is 343 g/mol. The zero-order chi connectivity index (χ0) is 16.7. The second-order valence-corrected chi connectivity index (χ2v) is 8.38. The summed E-state index contributed by atoms with van der Waals surface area (Å²) < 4.78 is 0. The van der Waals surface area contributed by atoms with Crippen molar-refractivity contribution >= 4 is 23.0 Å². The van der Waals surface area contributed by atoms with Crippen LogP contribution in [0.15, 0.2) is 18.2 Å². The molecule has 3 atom stereocenters. The zero-order valence-electron chi connectivity index (χ0n) is 14.9. The molecule has 0 radical (unpaired) electrons. The molecule has 1 N–H and O–H groups in total. The Morgan fingerprint density at radius 2 is 1.88 bits per heavy atom. The van der Waals surface area contributed by atoms with E-state index in [0.29, 0.717) is 6.04 Å². The number of benzene rings is 1. The fraction of sp³-hybridized carbons (Fsp3) is 0.650. The molecular weight excluding hydrogens is 314 g/mol. The number of nitrogens with zero attached hydrogens (tertiary/aromatic N) is 2. The first-order valence-corrected chi connectivity index (χ1v) is 9.88. The lowest BCUT2D eigenvalue weighted by Gasteiger charge is -2.39. The number of hydrogen-bond donors (Lipinski definition) is 1. The van der Waals surface area contributed by atoms with Crippen LogP contribution in [0.5, 0.6) is 0 Å². The van der Waals surface area contributed by atoms with Gasteiger partial charge in [-0.25, -0.2) is 0 Å². The van der Waals surface area contributed by atoms with E-state index in [4.69, 9.17) is 12.2 Å². The highest BCUT2D eigenvalue weighted by molar-refractivity contribution is 7.80. The van der Waals surface area contributed by atoms with Crippen LogP contribution in [-0.4, -0.2) is 42.2 Å². The van der Waals surface area contributed by atoms with Gasteiger partial charge < -0.3 is 15.1 Å². The van der Waals surface area contributed by atoms with Crippen LogP contribution < -0.4 is 10.2 Å². The van der Waals surface area contributed by atoms with E-state index in [9.17, 15) is 0 Å². The second kappa shape index (κ2) is 6.55. The number of hydrogen-bond acceptors (Lipinski definition) is 2. The molecule has 4 heteroatoms. The van der Waals surface area contributed by atoms with Crippen molar-refractivity contribution in [3.8, 4) is 0 Å². The molecular formula is C20H29N3S. The van der Waals surface area contributed by atoms with Crippen molar-refractivity contribution in [1.82, 2.24) is 10.2 Å². The highest BCUT2D eigenvalue weighted by atomic mass is 32.1. The summed E-state index contributed by atoms with van der Waals surface area (Å²) in [6.45, 7) is 8.56. The van der Waals surface area contributed by atoms with Crippen LogP contribution in [0.25, 0.3) is 0 Å². The molecule has 0 amide bonds. The summed E-state index contributed by atoms with van der Waals surface area (Å²) >= 11 is 5.72. The number of anilines is 1. The first kappa shape index (κ1) is 16.2. The smallest absolute Gasteiger partial charge is 0.169 e. The molecule has 3 aliphatic rings. The number of nitrogens with one attached hydrogen (secondary N) is 1. The van der Waals surface area contributed by atoms with Gasteiger partial charge in [-0.15, -0.1) is 0 Å². The SMILES string of the molecule is Cc1ccc(C)c(N2CCN(C(=S)N[C@H]3C[C@@H]4CC[C@@H]3C4)CC2)c1. The lowest BCUT2D eigenvalue weighted by atomic mass is 9.95. The van der Waals surface area contributed by atoms with Crippen LogP contribution in [0.1, 0.15) is 36.8 Å². The molecule has 1 heterocycles. The van der Waals surface area contributed by atoms with Crippen LogP contribution in [0, 0.1) is 25.7 Å². The van der Waals surface area contributed by atoms with E-state index >= 15 is 0 Å². The van der Waals surface area contributed by atoms with E-state index in [2.05, 4.69) is 47.2 Å². The molecule has 4 rings (SSSR count). The van der Waals surface area contributed by atoms with Crippen molar-refractivity contribution in [3.05, 3.63) is 29.3 Å². The normalized spacial score (nSPS) is 29.2. The maximum absolute atomic E-state index is 5.72. The quantitative estimate of drug-likeness (QED) is 0.828. The number of thiocarbonyl (C=S) groups is 1. The standard InChI is InChI=1S/C20H29N3S/c1-14-3-4-15(2)19(11-14)22-7-9-23(10-8-22)20(24)21-18-13-16-5-6-17(18)12-16/h3-4,11,16-18H,5-10,12-13H2,1-2H3,(H,21,24)/t16-,17-,18+/m1/s1. The summed E-state index contributed by atoms with van der Waals surface area (Å²) in [6, 6.07) is 7.40. The minimum atomic E-state index is 0.647. The molecule has 24 heavy (non-hydrogen) atoms. The van der Waals surface area contributed by atoms with Crippen molar-refractivity contribution in [1.29, 1.82) is 0 Å². The van der Waals surface area contributed by atoms with E-state index < -0.39 is 0 Å². The van der Waals surface area contributed by atoms with Crippen LogP contribution in [-0.2, 0) is 0 Å². The summed E-state index contributed by atoms with van der Waals surface area (Å²) in [7, 11) is 0. The van der Waals surface area contributed by atoms with Crippen molar-refractivity contribution in [2.24, 2.45) is 11.8 Å². The van der Waals surface area contributed by atoms with Crippen molar-refractivity contribution in [2.75, 3.05) is 31.1 Å². The van der Waals surface area contributed by atoms with E-state index in [1.165, 1.54) is 42.5 Å². The van der Waals surface area contributed by atoms with Gasteiger partial charge in [0.05, 0.1) is 0 Å². The average Bonchev–Trinajstić information content (AvgIpc) is 3.20. The predicted octanol–water partition coefficient (Wildman–Crippen LogP) is 3.49. The summed E-state index contributed by atoms with van der Waals surface area (Å²) in [6.07, 6.45) is 5.63. The number of rotatable bonds is 2. The van der Waals surface area contributed by atoms with E-state index in [1.54, 1.807) is 0 Å². The maximum atomic E-state index is 5.72. The van der Waals surface area contributed by atoms with Gasteiger partial charge in [0.15, 0.2) is 5.11 Å². The minimum absolute atomic E-state index is 0.647. The highest BCUT2D eigenvalue weighted by Crippen LogP contribution is 2.44. The third-order valence-corrected chi connectivity index (χ3v) is 6.70. The Hall–Kier alpha value is -1.29. The lowest BCUT2D eigenvalue weighted by Crippen LogP contribution is -2.54. The fourth-order valence-electron chi connectivity index (χ4n) is 4.88. The Bertz CT molecular complexity index is 621. The topological polar surface area (TPSA) is 18.5 Å². The third-order valence-electron chi connectivity index (χ3n) is 6.32. The second-order valence-electron chi connectivity index (χ2n) is 7.99. The summed E-state index contributed by atoms with van der Waals surface area (Å²) in [5.74, 6) is 1.85. The minimum Gasteiger partial charge on any atom is -0.368 e. The van der Waals surface area contributed by atoms with Gasteiger partial charge in [0, 0.05) is 37.9 Å². The maximum Gasteiger partial charge on any atom is 0.169 e. The Morgan fingerprint density at radius 1 is 1.08 bits per heavy atom. The fourth-order valence-corrected chi connectivity index (χ4v) is 5.22. The van der Waals surface area contributed by atoms with E-state index in [1.807, 2.05) is 0 Å². The first-order chi connectivity index (χ1) is 11.6. The molecule has 0 spiro atoms. The number of aryl methyl sites for hydroxylation is 2. The lowest BCUT2D eigenvalue weighted by molar-refractivity contribution is 0.345. The summed E-state index contributed by atoms with van der Waals surface area (Å²) in [5.41, 5.74) is 4.10. The average molecular weight is 344 g/mol. The van der Waals surface area contributed by atoms with Gasteiger partial charge in [-0.05, 0) is 74.4 Å². The van der Waals surface area contributed by atoms with Crippen LogP contribution in [0.4, 0.5) is 5.69 Å². The Morgan fingerprint density at radius 3 is 2.54 bits per heavy atom. The molecule has 130 valence electrons. The van der Waals surface area contributed by atoms with Crippen LogP contribution >= 0.6 is 12.2 Å². The van der Waals surface area contributed by atoms with Crippen molar-refractivity contribution < 1.29 is 0 Å². The van der Waals surface area contributed by atoms with Crippen LogP contribution in [0.3, 0.4) is 0 Å². The molecule has 2 aliphatic carbocycles. The van der Waals surface area contributed by atoms with Gasteiger partial charge in [0.1, 0.15) is 0 Å². The van der Waals surface area contributed by atoms with Gasteiger partial charge >= 0.3 is 0 Å². The summed E-state index contributed by atoms with van der Waals surface area (Å²) in [5, 5.41) is 4.69. The summed E-state index contributed by atoms with van der Waals surface area (Å²) in [4.78, 5) is 4.89. The number of piperazine rings is 1. The van der Waals surface area contributed by atoms with Gasteiger partial charge in [-0.2, -0.15) is 0 Å². The molecule has 1 aromatic carbocycles. The predicted molar refractivity (Wildman–Crippen MR) is 105 cm³/mol. The van der Waals surface area contributed by atoms with Gasteiger partial charge in [0.25, 0.3) is 0 Å². The van der Waals surface area contributed by atoms with Gasteiger partial charge in [-0.1, -0.05) is 18.6 Å². The Kier molecular flexibility index (Phi) is 4.42. The molecule has 3 nitrogen and oxygen atoms in total. The Labute approximate surface area is 151 Å². The molecule has 2 saturated carbocycles. The van der Waals surface area contributed by atoms with E-state index in [0.717, 1.165) is 43.1 Å². The molecule has 2 bridgehead atoms.